The first-order valence-electron chi connectivity index (χ1n) is 13.6. The van der Waals surface area contributed by atoms with Gasteiger partial charge in [-0.05, 0) is 80.6 Å². The number of hydrogen-bond donors (Lipinski definition) is 0. The predicted octanol–water partition coefficient (Wildman–Crippen LogP) is 6.50. The monoisotopic (exact) mass is 558 g/mol. The Kier molecular flexibility index (Phi) is 10.2. The first-order valence-corrected chi connectivity index (χ1v) is 13.6. The topological polar surface area (TPSA) is 101 Å². The van der Waals surface area contributed by atoms with Crippen LogP contribution < -0.4 is 14.9 Å². The van der Waals surface area contributed by atoms with Crippen molar-refractivity contribution in [1.82, 2.24) is 0 Å². The standard InChI is InChI=1S/C33H34O8/c1-4-39-30(34)19-16-25-28(40-20-8-6-5-7-9-22-10-13-24(37-2)14-11-22)18-15-26-31(35)27-21-23(33(36)38-3)12-17-29(27)41-32(25)26/h7,9-15,17-18,21H,4-6,8,16,19-20H2,1-3H3. The van der Waals surface area contributed by atoms with Gasteiger partial charge in [0.05, 0.1) is 43.8 Å². The summed E-state index contributed by atoms with van der Waals surface area (Å²) in [4.78, 5) is 37.5. The SMILES string of the molecule is CCOC(=O)CCc1c(OCCCCC=Cc2ccc(OC)cc2)ccc2c(=O)c3cc(C(=O)OC)ccc3oc12. The van der Waals surface area contributed by atoms with E-state index in [9.17, 15) is 14.4 Å². The molecule has 1 heterocycles. The summed E-state index contributed by atoms with van der Waals surface area (Å²) in [6.07, 6.45) is 7.26. The van der Waals surface area contributed by atoms with Gasteiger partial charge in [0, 0.05) is 12.0 Å². The van der Waals surface area contributed by atoms with Crippen LogP contribution >= 0.6 is 0 Å². The molecular formula is C33H34O8. The Balaban J connectivity index is 1.51. The summed E-state index contributed by atoms with van der Waals surface area (Å²) < 4.78 is 27.4. The molecule has 214 valence electrons. The second-order valence-corrected chi connectivity index (χ2v) is 9.38. The van der Waals surface area contributed by atoms with E-state index < -0.39 is 5.97 Å². The van der Waals surface area contributed by atoms with E-state index in [4.69, 9.17) is 23.4 Å². The number of aryl methyl sites for hydroxylation is 1. The van der Waals surface area contributed by atoms with E-state index in [1.165, 1.54) is 13.2 Å². The average molecular weight is 559 g/mol. The molecule has 4 aromatic rings. The summed E-state index contributed by atoms with van der Waals surface area (Å²) in [5.74, 6) is 0.505. The van der Waals surface area contributed by atoms with Crippen molar-refractivity contribution in [1.29, 1.82) is 0 Å². The minimum Gasteiger partial charge on any atom is -0.497 e. The number of benzene rings is 3. The molecule has 8 heteroatoms. The lowest BCUT2D eigenvalue weighted by atomic mass is 10.0. The zero-order chi connectivity index (χ0) is 29.2. The minimum absolute atomic E-state index is 0.114. The predicted molar refractivity (Wildman–Crippen MR) is 158 cm³/mol. The molecule has 0 amide bonds. The molecule has 0 bridgehead atoms. The number of fused-ring (bicyclic) bond motifs is 2. The first kappa shape index (κ1) is 29.4. The van der Waals surface area contributed by atoms with Crippen molar-refractivity contribution in [2.75, 3.05) is 27.4 Å². The van der Waals surface area contributed by atoms with E-state index in [-0.39, 0.29) is 41.8 Å². The third kappa shape index (κ3) is 7.33. The molecule has 1 aromatic heterocycles. The van der Waals surface area contributed by atoms with Gasteiger partial charge >= 0.3 is 11.9 Å². The number of methoxy groups -OCH3 is 2. The van der Waals surface area contributed by atoms with Gasteiger partial charge < -0.3 is 23.4 Å². The van der Waals surface area contributed by atoms with Gasteiger partial charge in [-0.3, -0.25) is 9.59 Å². The highest BCUT2D eigenvalue weighted by Gasteiger charge is 2.18. The van der Waals surface area contributed by atoms with Crippen molar-refractivity contribution < 1.29 is 33.0 Å². The third-order valence-electron chi connectivity index (χ3n) is 6.65. The number of allylic oxidation sites excluding steroid dienone is 1. The molecule has 0 aliphatic rings. The molecule has 0 aliphatic carbocycles. The zero-order valence-corrected chi connectivity index (χ0v) is 23.6. The Morgan fingerprint density at radius 2 is 1.76 bits per heavy atom. The van der Waals surface area contributed by atoms with Gasteiger partial charge in [0.2, 0.25) is 5.43 Å². The lowest BCUT2D eigenvalue weighted by Crippen LogP contribution is -2.10. The molecule has 0 saturated heterocycles. The van der Waals surface area contributed by atoms with Crippen molar-refractivity contribution in [3.8, 4) is 11.5 Å². The van der Waals surface area contributed by atoms with E-state index >= 15 is 0 Å². The molecule has 0 N–H and O–H groups in total. The maximum Gasteiger partial charge on any atom is 0.337 e. The Morgan fingerprint density at radius 1 is 0.951 bits per heavy atom. The van der Waals surface area contributed by atoms with Crippen LogP contribution in [0.5, 0.6) is 11.5 Å². The lowest BCUT2D eigenvalue weighted by Gasteiger charge is -2.14. The number of rotatable bonds is 13. The number of carbonyl (C=O) groups excluding carboxylic acids is 2. The van der Waals surface area contributed by atoms with Gasteiger partial charge in [-0.15, -0.1) is 0 Å². The second-order valence-electron chi connectivity index (χ2n) is 9.38. The highest BCUT2D eigenvalue weighted by Crippen LogP contribution is 2.31. The van der Waals surface area contributed by atoms with Crippen LogP contribution in [-0.2, 0) is 20.7 Å². The van der Waals surface area contributed by atoms with Crippen LogP contribution in [0.4, 0.5) is 0 Å². The van der Waals surface area contributed by atoms with Crippen LogP contribution in [0, 0.1) is 0 Å². The van der Waals surface area contributed by atoms with Crippen molar-refractivity contribution in [3.63, 3.8) is 0 Å². The summed E-state index contributed by atoms with van der Waals surface area (Å²) in [6.45, 7) is 2.51. The Morgan fingerprint density at radius 3 is 2.49 bits per heavy atom. The van der Waals surface area contributed by atoms with Crippen molar-refractivity contribution in [2.24, 2.45) is 0 Å². The largest absolute Gasteiger partial charge is 0.497 e. The highest BCUT2D eigenvalue weighted by molar-refractivity contribution is 5.97. The molecule has 0 aliphatic heterocycles. The van der Waals surface area contributed by atoms with Crippen LogP contribution in [0.1, 0.15) is 54.1 Å². The number of carbonyl (C=O) groups is 2. The molecule has 8 nitrogen and oxygen atoms in total. The fourth-order valence-corrected chi connectivity index (χ4v) is 4.51. The van der Waals surface area contributed by atoms with Crippen LogP contribution in [-0.4, -0.2) is 39.4 Å². The molecule has 0 spiro atoms. The van der Waals surface area contributed by atoms with Crippen molar-refractivity contribution in [2.45, 2.75) is 39.0 Å². The summed E-state index contributed by atoms with van der Waals surface area (Å²) in [5, 5.41) is 0.613. The van der Waals surface area contributed by atoms with Gasteiger partial charge in [-0.25, -0.2) is 4.79 Å². The van der Waals surface area contributed by atoms with Crippen LogP contribution in [0.2, 0.25) is 0 Å². The lowest BCUT2D eigenvalue weighted by molar-refractivity contribution is -0.143. The summed E-state index contributed by atoms with van der Waals surface area (Å²) in [7, 11) is 2.93. The zero-order valence-electron chi connectivity index (χ0n) is 23.6. The average Bonchev–Trinajstić information content (AvgIpc) is 2.99. The summed E-state index contributed by atoms with van der Waals surface area (Å²) in [5.41, 5.74) is 2.41. The molecule has 41 heavy (non-hydrogen) atoms. The molecule has 0 radical (unpaired) electrons. The Bertz CT molecular complexity index is 1600. The van der Waals surface area contributed by atoms with Gasteiger partial charge in [0.1, 0.15) is 22.7 Å². The number of esters is 2. The van der Waals surface area contributed by atoms with Gasteiger partial charge in [0.25, 0.3) is 0 Å². The third-order valence-corrected chi connectivity index (χ3v) is 6.65. The number of unbranched alkanes of at least 4 members (excludes halogenated alkanes) is 2. The maximum atomic E-state index is 13.4. The normalized spacial score (nSPS) is 11.2. The fourth-order valence-electron chi connectivity index (χ4n) is 4.51. The summed E-state index contributed by atoms with van der Waals surface area (Å²) >= 11 is 0. The van der Waals surface area contributed by atoms with Crippen molar-refractivity contribution in [3.05, 3.63) is 87.6 Å². The Labute approximate surface area is 238 Å². The molecule has 0 atom stereocenters. The van der Waals surface area contributed by atoms with E-state index in [0.717, 1.165) is 30.6 Å². The molecule has 0 unspecified atom stereocenters. The van der Waals surface area contributed by atoms with Crippen LogP contribution in [0.25, 0.3) is 28.0 Å². The van der Waals surface area contributed by atoms with Gasteiger partial charge in [-0.2, -0.15) is 0 Å². The van der Waals surface area contributed by atoms with Crippen molar-refractivity contribution >= 4 is 40.0 Å². The number of ether oxygens (including phenoxy) is 4. The van der Waals surface area contributed by atoms with Crippen LogP contribution in [0.15, 0.2) is 69.9 Å². The minimum atomic E-state index is -0.540. The van der Waals surface area contributed by atoms with E-state index in [2.05, 4.69) is 12.2 Å². The highest BCUT2D eigenvalue weighted by atomic mass is 16.5. The van der Waals surface area contributed by atoms with E-state index in [1.807, 2.05) is 24.3 Å². The molecule has 0 saturated carbocycles. The van der Waals surface area contributed by atoms with E-state index in [1.54, 1.807) is 38.3 Å². The smallest absolute Gasteiger partial charge is 0.337 e. The molecule has 3 aromatic carbocycles. The Hall–Kier alpha value is -4.59. The second kappa shape index (κ2) is 14.2. The maximum absolute atomic E-state index is 13.4. The fraction of sp³-hybridized carbons (Fsp3) is 0.303. The molecular weight excluding hydrogens is 524 g/mol. The molecule has 4 rings (SSSR count). The van der Waals surface area contributed by atoms with Gasteiger partial charge in [-0.1, -0.05) is 24.3 Å². The number of hydrogen-bond acceptors (Lipinski definition) is 8. The van der Waals surface area contributed by atoms with Gasteiger partial charge in [0.15, 0.2) is 0 Å². The van der Waals surface area contributed by atoms with E-state index in [0.29, 0.717) is 34.5 Å². The first-order chi connectivity index (χ1) is 19.9. The quantitative estimate of drug-likeness (QED) is 0.104. The summed E-state index contributed by atoms with van der Waals surface area (Å²) in [6, 6.07) is 15.9. The van der Waals surface area contributed by atoms with Crippen LogP contribution in [0.3, 0.4) is 0 Å². The molecule has 0 fully saturated rings.